The summed E-state index contributed by atoms with van der Waals surface area (Å²) in [5, 5.41) is 2.78. The van der Waals surface area contributed by atoms with Crippen LogP contribution in [0.4, 0.5) is 0 Å². The Kier molecular flexibility index (Phi) is 5.45. The molecule has 2 aromatic heterocycles. The molecular formula is C18H18N2O3S2. The molecule has 0 bridgehead atoms. The molecule has 130 valence electrons. The van der Waals surface area contributed by atoms with Crippen LogP contribution in [0.2, 0.25) is 0 Å². The van der Waals surface area contributed by atoms with Crippen molar-refractivity contribution in [1.29, 1.82) is 0 Å². The minimum absolute atomic E-state index is 0.130. The summed E-state index contributed by atoms with van der Waals surface area (Å²) in [7, 11) is 0. The lowest BCUT2D eigenvalue weighted by Crippen LogP contribution is -2.22. The average molecular weight is 374 g/mol. The average Bonchev–Trinajstić information content (AvgIpc) is 3.24. The minimum atomic E-state index is -0.257. The van der Waals surface area contributed by atoms with Gasteiger partial charge in [-0.3, -0.25) is 14.2 Å². The van der Waals surface area contributed by atoms with E-state index in [4.69, 9.17) is 4.42 Å². The second kappa shape index (κ2) is 7.76. The summed E-state index contributed by atoms with van der Waals surface area (Å²) >= 11 is 2.65. The Labute approximate surface area is 153 Å². The second-order valence-electron chi connectivity index (χ2n) is 5.48. The highest BCUT2D eigenvalue weighted by Gasteiger charge is 2.18. The van der Waals surface area contributed by atoms with Gasteiger partial charge in [0.15, 0.2) is 0 Å². The van der Waals surface area contributed by atoms with Gasteiger partial charge in [-0.25, -0.2) is 0 Å². The zero-order chi connectivity index (χ0) is 17.8. The van der Waals surface area contributed by atoms with Crippen molar-refractivity contribution in [3.8, 4) is 0 Å². The van der Waals surface area contributed by atoms with Crippen LogP contribution >= 0.6 is 23.1 Å². The van der Waals surface area contributed by atoms with Crippen LogP contribution in [0.5, 0.6) is 0 Å². The fourth-order valence-corrected chi connectivity index (χ4v) is 3.76. The molecule has 0 saturated carbocycles. The second-order valence-corrected chi connectivity index (χ2v) is 7.32. The summed E-state index contributed by atoms with van der Waals surface area (Å²) in [5.41, 5.74) is 1.71. The maximum Gasteiger partial charge on any atom is 0.308 e. The molecule has 0 aliphatic carbocycles. The van der Waals surface area contributed by atoms with Crippen molar-refractivity contribution in [2.75, 3.05) is 6.26 Å². The number of furan rings is 1. The monoisotopic (exact) mass is 374 g/mol. The van der Waals surface area contributed by atoms with E-state index in [0.717, 1.165) is 16.9 Å². The molecule has 0 fully saturated rings. The van der Waals surface area contributed by atoms with Gasteiger partial charge in [-0.1, -0.05) is 23.5 Å². The molecule has 0 saturated heterocycles. The summed E-state index contributed by atoms with van der Waals surface area (Å²) in [6, 6.07) is 11.6. The predicted octanol–water partition coefficient (Wildman–Crippen LogP) is 3.51. The van der Waals surface area contributed by atoms with E-state index in [-0.39, 0.29) is 10.8 Å². The number of hydrogen-bond acceptors (Lipinski definition) is 5. The fraction of sp³-hybridized carbons (Fsp3) is 0.222. The summed E-state index contributed by atoms with van der Waals surface area (Å²) in [6.07, 6.45) is 3.58. The highest BCUT2D eigenvalue weighted by Crippen LogP contribution is 2.17. The number of benzene rings is 1. The molecule has 3 rings (SSSR count). The molecule has 2 heterocycles. The Morgan fingerprint density at radius 3 is 2.68 bits per heavy atom. The fourth-order valence-electron chi connectivity index (χ4n) is 2.44. The SMILES string of the molecule is CSc1ccc(Cn2c(C)c(C(=O)NCc3ccco3)sc2=O)cc1. The number of thioether (sulfide) groups is 1. The Hall–Kier alpha value is -2.25. The largest absolute Gasteiger partial charge is 0.467 e. The number of nitrogens with zero attached hydrogens (tertiary/aromatic N) is 1. The number of amides is 1. The van der Waals surface area contributed by atoms with Crippen molar-refractivity contribution in [3.63, 3.8) is 0 Å². The van der Waals surface area contributed by atoms with E-state index in [1.54, 1.807) is 41.6 Å². The lowest BCUT2D eigenvalue weighted by atomic mass is 10.2. The molecule has 0 radical (unpaired) electrons. The number of aromatic nitrogens is 1. The lowest BCUT2D eigenvalue weighted by molar-refractivity contribution is 0.0951. The number of hydrogen-bond donors (Lipinski definition) is 1. The van der Waals surface area contributed by atoms with Gasteiger partial charge in [-0.15, -0.1) is 11.8 Å². The molecule has 0 unspecified atom stereocenters. The van der Waals surface area contributed by atoms with Crippen LogP contribution in [-0.4, -0.2) is 16.7 Å². The van der Waals surface area contributed by atoms with Crippen LogP contribution < -0.4 is 10.2 Å². The maximum atomic E-state index is 12.4. The van der Waals surface area contributed by atoms with Gasteiger partial charge >= 0.3 is 4.87 Å². The van der Waals surface area contributed by atoms with E-state index in [2.05, 4.69) is 5.32 Å². The number of thiazole rings is 1. The quantitative estimate of drug-likeness (QED) is 0.671. The van der Waals surface area contributed by atoms with Gasteiger partial charge in [0.25, 0.3) is 5.91 Å². The van der Waals surface area contributed by atoms with Gasteiger partial charge in [0.2, 0.25) is 0 Å². The zero-order valence-corrected chi connectivity index (χ0v) is 15.6. The molecule has 25 heavy (non-hydrogen) atoms. The molecule has 0 aliphatic heterocycles. The Morgan fingerprint density at radius 2 is 2.04 bits per heavy atom. The number of rotatable bonds is 6. The van der Waals surface area contributed by atoms with Gasteiger partial charge in [-0.05, 0) is 43.0 Å². The van der Waals surface area contributed by atoms with Gasteiger partial charge < -0.3 is 9.73 Å². The molecule has 1 amide bonds. The maximum absolute atomic E-state index is 12.4. The molecule has 5 nitrogen and oxygen atoms in total. The highest BCUT2D eigenvalue weighted by atomic mass is 32.2. The van der Waals surface area contributed by atoms with Gasteiger partial charge in [0, 0.05) is 10.6 Å². The Balaban J connectivity index is 1.75. The van der Waals surface area contributed by atoms with E-state index in [9.17, 15) is 9.59 Å². The molecule has 0 atom stereocenters. The minimum Gasteiger partial charge on any atom is -0.467 e. The first-order valence-electron chi connectivity index (χ1n) is 7.72. The Bertz CT molecular complexity index is 909. The summed E-state index contributed by atoms with van der Waals surface area (Å²) in [5.74, 6) is 0.416. The first-order chi connectivity index (χ1) is 12.1. The number of nitrogens with one attached hydrogen (secondary N) is 1. The van der Waals surface area contributed by atoms with Gasteiger partial charge in [0.05, 0.1) is 19.4 Å². The number of carbonyl (C=O) groups excluding carboxylic acids is 1. The standard InChI is InChI=1S/C18H18N2O3S2/c1-12-16(17(21)19-10-14-4-3-9-23-14)25-18(22)20(12)11-13-5-7-15(24-2)8-6-13/h3-9H,10-11H2,1-2H3,(H,19,21). The molecule has 3 aromatic rings. The van der Waals surface area contributed by atoms with Crippen molar-refractivity contribution in [3.05, 3.63) is 74.2 Å². The van der Waals surface area contributed by atoms with Crippen molar-refractivity contribution >= 4 is 29.0 Å². The molecule has 1 N–H and O–H groups in total. The molecule has 0 aliphatic rings. The normalized spacial score (nSPS) is 10.8. The molecular weight excluding hydrogens is 356 g/mol. The van der Waals surface area contributed by atoms with Crippen LogP contribution in [0.25, 0.3) is 0 Å². The van der Waals surface area contributed by atoms with Crippen molar-refractivity contribution in [1.82, 2.24) is 9.88 Å². The summed E-state index contributed by atoms with van der Waals surface area (Å²) < 4.78 is 6.84. The molecule has 1 aromatic carbocycles. The van der Waals surface area contributed by atoms with E-state index in [0.29, 0.717) is 29.4 Å². The topological polar surface area (TPSA) is 64.2 Å². The van der Waals surface area contributed by atoms with Crippen LogP contribution in [0.15, 0.2) is 56.8 Å². The molecule has 0 spiro atoms. The van der Waals surface area contributed by atoms with E-state index in [1.807, 2.05) is 30.5 Å². The number of carbonyl (C=O) groups is 1. The van der Waals surface area contributed by atoms with Crippen LogP contribution in [-0.2, 0) is 13.1 Å². The summed E-state index contributed by atoms with van der Waals surface area (Å²) in [6.45, 7) is 2.56. The van der Waals surface area contributed by atoms with E-state index in [1.165, 1.54) is 4.90 Å². The summed E-state index contributed by atoms with van der Waals surface area (Å²) in [4.78, 5) is 26.2. The van der Waals surface area contributed by atoms with Crippen molar-refractivity contribution < 1.29 is 9.21 Å². The third-order valence-corrected chi connectivity index (χ3v) is 5.68. The van der Waals surface area contributed by atoms with Crippen LogP contribution in [0, 0.1) is 6.92 Å². The van der Waals surface area contributed by atoms with Crippen LogP contribution in [0.1, 0.15) is 26.7 Å². The van der Waals surface area contributed by atoms with E-state index >= 15 is 0 Å². The van der Waals surface area contributed by atoms with Crippen LogP contribution in [0.3, 0.4) is 0 Å². The third-order valence-electron chi connectivity index (χ3n) is 3.85. The van der Waals surface area contributed by atoms with Crippen molar-refractivity contribution in [2.24, 2.45) is 0 Å². The zero-order valence-electron chi connectivity index (χ0n) is 13.9. The first-order valence-corrected chi connectivity index (χ1v) is 9.76. The predicted molar refractivity (Wildman–Crippen MR) is 101 cm³/mol. The smallest absolute Gasteiger partial charge is 0.308 e. The van der Waals surface area contributed by atoms with Gasteiger partial charge in [0.1, 0.15) is 10.6 Å². The highest BCUT2D eigenvalue weighted by molar-refractivity contribution is 7.98. The molecule has 7 heteroatoms. The van der Waals surface area contributed by atoms with E-state index < -0.39 is 0 Å². The third kappa shape index (κ3) is 4.05. The lowest BCUT2D eigenvalue weighted by Gasteiger charge is -2.07. The van der Waals surface area contributed by atoms with Crippen molar-refractivity contribution in [2.45, 2.75) is 24.9 Å². The first kappa shape index (κ1) is 17.6. The van der Waals surface area contributed by atoms with Gasteiger partial charge in [-0.2, -0.15) is 0 Å². The Morgan fingerprint density at radius 1 is 1.28 bits per heavy atom.